The Morgan fingerprint density at radius 3 is 2.50 bits per heavy atom. The molecule has 0 bridgehead atoms. The predicted octanol–water partition coefficient (Wildman–Crippen LogP) is 3.62. The molecule has 0 aliphatic rings. The lowest BCUT2D eigenvalue weighted by Crippen LogP contribution is -2.39. The molecule has 4 heteroatoms. The number of alkyl halides is 1. The summed E-state index contributed by atoms with van der Waals surface area (Å²) < 4.78 is 14.9. The molecule has 0 aliphatic heterocycles. The first-order valence-electron chi connectivity index (χ1n) is 6.64. The van der Waals surface area contributed by atoms with Gasteiger partial charge in [0.05, 0.1) is 21.8 Å². The zero-order chi connectivity index (χ0) is 14.0. The quantitative estimate of drug-likeness (QED) is 0.433. The fourth-order valence-corrected chi connectivity index (χ4v) is 2.19. The summed E-state index contributed by atoms with van der Waals surface area (Å²) in [4.78, 5) is 0. The van der Waals surface area contributed by atoms with Gasteiger partial charge >= 0.3 is 0 Å². The molecule has 0 fully saturated rings. The van der Waals surface area contributed by atoms with E-state index in [1.807, 2.05) is 20.8 Å². The van der Waals surface area contributed by atoms with Crippen LogP contribution in [0.2, 0.25) is 0 Å². The molecule has 0 aromatic carbocycles. The SMILES string of the molecule is CCCCC[C@H](C#CCCCl)N[S@](=O)C(C)(C)C. The van der Waals surface area contributed by atoms with Crippen LogP contribution in [0.4, 0.5) is 0 Å². The summed E-state index contributed by atoms with van der Waals surface area (Å²) >= 11 is 5.61. The third kappa shape index (κ3) is 8.97. The van der Waals surface area contributed by atoms with Gasteiger partial charge in [-0.15, -0.1) is 17.5 Å². The van der Waals surface area contributed by atoms with Crippen molar-refractivity contribution in [3.63, 3.8) is 0 Å². The highest BCUT2D eigenvalue weighted by atomic mass is 35.5. The van der Waals surface area contributed by atoms with Crippen LogP contribution >= 0.6 is 11.6 Å². The molecule has 106 valence electrons. The Hall–Kier alpha value is -0.0400. The van der Waals surface area contributed by atoms with Gasteiger partial charge in [-0.3, -0.25) is 0 Å². The van der Waals surface area contributed by atoms with Gasteiger partial charge in [-0.25, -0.2) is 8.93 Å². The fraction of sp³-hybridized carbons (Fsp3) is 0.857. The average molecular weight is 292 g/mol. The first-order valence-corrected chi connectivity index (χ1v) is 8.32. The minimum atomic E-state index is -1.06. The topological polar surface area (TPSA) is 29.1 Å². The lowest BCUT2D eigenvalue weighted by molar-refractivity contribution is 0.583. The summed E-state index contributed by atoms with van der Waals surface area (Å²) in [5.74, 6) is 6.74. The molecule has 2 nitrogen and oxygen atoms in total. The molecule has 0 aliphatic carbocycles. The zero-order valence-electron chi connectivity index (χ0n) is 12.0. The Labute approximate surface area is 120 Å². The summed E-state index contributed by atoms with van der Waals surface area (Å²) in [5.41, 5.74) is 0. The molecule has 0 aromatic rings. The molecule has 0 amide bonds. The van der Waals surface area contributed by atoms with Gasteiger partial charge in [0.15, 0.2) is 0 Å². The molecule has 18 heavy (non-hydrogen) atoms. The van der Waals surface area contributed by atoms with Crippen molar-refractivity contribution in [2.45, 2.75) is 70.6 Å². The first-order chi connectivity index (χ1) is 8.41. The van der Waals surface area contributed by atoms with Crippen molar-refractivity contribution in [2.24, 2.45) is 0 Å². The van der Waals surface area contributed by atoms with Crippen LogP contribution in [-0.4, -0.2) is 20.9 Å². The maximum atomic E-state index is 12.0. The third-order valence-electron chi connectivity index (χ3n) is 2.40. The largest absolute Gasteiger partial charge is 0.242 e. The summed E-state index contributed by atoms with van der Waals surface area (Å²) in [7, 11) is -1.06. The Bertz CT molecular complexity index is 301. The summed E-state index contributed by atoms with van der Waals surface area (Å²) in [6.45, 7) is 8.07. The van der Waals surface area contributed by atoms with Crippen LogP contribution in [0.3, 0.4) is 0 Å². The number of hydrogen-bond donors (Lipinski definition) is 1. The first kappa shape index (κ1) is 18.0. The average Bonchev–Trinajstić information content (AvgIpc) is 2.28. The van der Waals surface area contributed by atoms with E-state index < -0.39 is 11.0 Å². The number of hydrogen-bond acceptors (Lipinski definition) is 1. The molecular formula is C14H26ClNOS. The lowest BCUT2D eigenvalue weighted by Gasteiger charge is -2.21. The molecule has 0 spiro atoms. The normalized spacial score (nSPS) is 14.7. The molecule has 0 saturated heterocycles. The molecule has 0 rings (SSSR count). The van der Waals surface area contributed by atoms with Crippen LogP contribution in [0.15, 0.2) is 0 Å². The fourth-order valence-electron chi connectivity index (χ4n) is 1.31. The second-order valence-electron chi connectivity index (χ2n) is 5.31. The molecule has 0 heterocycles. The summed E-state index contributed by atoms with van der Waals surface area (Å²) in [5, 5.41) is 0. The van der Waals surface area contributed by atoms with Crippen LogP contribution in [0.25, 0.3) is 0 Å². The smallest absolute Gasteiger partial charge is 0.0981 e. The molecule has 0 saturated carbocycles. The molecule has 0 unspecified atom stereocenters. The predicted molar refractivity (Wildman–Crippen MR) is 82.1 cm³/mol. The molecule has 1 N–H and O–H groups in total. The zero-order valence-corrected chi connectivity index (χ0v) is 13.6. The van der Waals surface area contributed by atoms with Gasteiger partial charge < -0.3 is 0 Å². The van der Waals surface area contributed by atoms with E-state index in [2.05, 4.69) is 23.5 Å². The van der Waals surface area contributed by atoms with Crippen molar-refractivity contribution in [1.82, 2.24) is 4.72 Å². The maximum absolute atomic E-state index is 12.0. The van der Waals surface area contributed by atoms with E-state index in [0.717, 1.165) is 12.8 Å². The Morgan fingerprint density at radius 1 is 1.33 bits per heavy atom. The highest BCUT2D eigenvalue weighted by Crippen LogP contribution is 2.11. The molecular weight excluding hydrogens is 266 g/mol. The minimum Gasteiger partial charge on any atom is -0.242 e. The van der Waals surface area contributed by atoms with E-state index in [-0.39, 0.29) is 10.8 Å². The van der Waals surface area contributed by atoms with Gasteiger partial charge in [-0.05, 0) is 27.2 Å². The van der Waals surface area contributed by atoms with Crippen LogP contribution in [0, 0.1) is 11.8 Å². The molecule has 2 atom stereocenters. The van der Waals surface area contributed by atoms with Gasteiger partial charge in [0.25, 0.3) is 0 Å². The van der Waals surface area contributed by atoms with Crippen molar-refractivity contribution in [3.05, 3.63) is 0 Å². The highest BCUT2D eigenvalue weighted by Gasteiger charge is 2.21. The van der Waals surface area contributed by atoms with Gasteiger partial charge in [0, 0.05) is 12.3 Å². The molecule has 0 aromatic heterocycles. The van der Waals surface area contributed by atoms with Gasteiger partial charge in [0.1, 0.15) is 0 Å². The standard InChI is InChI=1S/C14H26ClNOS/c1-5-6-7-10-13(11-8-9-12-15)16-18(17)14(2,3)4/h13,16H,5-7,9-10,12H2,1-4H3/t13-,18-/m1/s1. The van der Waals surface area contributed by atoms with Gasteiger partial charge in [-0.2, -0.15) is 0 Å². The van der Waals surface area contributed by atoms with Gasteiger partial charge in [0.2, 0.25) is 0 Å². The lowest BCUT2D eigenvalue weighted by atomic mass is 10.1. The van der Waals surface area contributed by atoms with Crippen molar-refractivity contribution in [1.29, 1.82) is 0 Å². The summed E-state index contributed by atoms with van der Waals surface area (Å²) in [6.07, 6.45) is 5.13. The van der Waals surface area contributed by atoms with E-state index in [0.29, 0.717) is 12.3 Å². The number of nitrogens with one attached hydrogen (secondary N) is 1. The van der Waals surface area contributed by atoms with E-state index in [4.69, 9.17) is 11.6 Å². The highest BCUT2D eigenvalue weighted by molar-refractivity contribution is 7.84. The summed E-state index contributed by atoms with van der Waals surface area (Å²) in [6, 6.07) is 0.0137. The van der Waals surface area contributed by atoms with Crippen LogP contribution in [0.5, 0.6) is 0 Å². The van der Waals surface area contributed by atoms with Gasteiger partial charge in [-0.1, -0.05) is 32.1 Å². The van der Waals surface area contributed by atoms with Crippen molar-refractivity contribution in [3.8, 4) is 11.8 Å². The van der Waals surface area contributed by atoms with Crippen molar-refractivity contribution in [2.75, 3.05) is 5.88 Å². The Morgan fingerprint density at radius 2 is 2.00 bits per heavy atom. The monoisotopic (exact) mass is 291 g/mol. The second kappa shape index (κ2) is 9.83. The second-order valence-corrected chi connectivity index (χ2v) is 7.68. The van der Waals surface area contributed by atoms with E-state index >= 15 is 0 Å². The van der Waals surface area contributed by atoms with Crippen molar-refractivity contribution < 1.29 is 4.21 Å². The minimum absolute atomic E-state index is 0.0137. The third-order valence-corrected chi connectivity index (χ3v) is 4.20. The Balaban J connectivity index is 4.38. The number of unbranched alkanes of at least 4 members (excludes halogenated alkanes) is 2. The molecule has 0 radical (unpaired) electrons. The van der Waals surface area contributed by atoms with E-state index in [1.165, 1.54) is 12.8 Å². The van der Waals surface area contributed by atoms with Crippen LogP contribution < -0.4 is 4.72 Å². The van der Waals surface area contributed by atoms with E-state index in [1.54, 1.807) is 0 Å². The number of rotatable bonds is 7. The van der Waals surface area contributed by atoms with Crippen LogP contribution in [0.1, 0.15) is 59.8 Å². The van der Waals surface area contributed by atoms with E-state index in [9.17, 15) is 4.21 Å². The number of halogens is 1. The van der Waals surface area contributed by atoms with Crippen LogP contribution in [-0.2, 0) is 11.0 Å². The maximum Gasteiger partial charge on any atom is 0.0981 e. The van der Waals surface area contributed by atoms with Crippen molar-refractivity contribution >= 4 is 22.6 Å². The Kier molecular flexibility index (Phi) is 9.81.